The Balaban J connectivity index is 1.54. The molecule has 33 heavy (non-hydrogen) atoms. The number of carbonyl (C=O) groups is 1. The highest BCUT2D eigenvalue weighted by atomic mass is 32.1. The summed E-state index contributed by atoms with van der Waals surface area (Å²) in [6, 6.07) is 20.4. The standard InChI is InChI=1S/C27H32N2O3S/c1-18(32-3)25(28)16-29(27(30)24-15-23(24)26-5-4-14-33-26)22-12-10-21(11-13-22)20-8-6-19(7-9-20)17-31-2/h4-14,18,23-25H,15-17,28H2,1-3H3/t18-,23-,24-,25-/m1/s1. The molecule has 3 aromatic rings. The van der Waals surface area contributed by atoms with E-state index in [2.05, 4.69) is 47.8 Å². The molecule has 0 spiro atoms. The third-order valence-corrected chi connectivity index (χ3v) is 7.43. The molecule has 0 radical (unpaired) electrons. The fourth-order valence-electron chi connectivity index (χ4n) is 4.14. The predicted molar refractivity (Wildman–Crippen MR) is 135 cm³/mol. The number of methoxy groups -OCH3 is 2. The van der Waals surface area contributed by atoms with E-state index in [1.807, 2.05) is 30.0 Å². The molecular weight excluding hydrogens is 432 g/mol. The Morgan fingerprint density at radius 3 is 2.33 bits per heavy atom. The summed E-state index contributed by atoms with van der Waals surface area (Å²) in [5, 5.41) is 2.07. The minimum Gasteiger partial charge on any atom is -0.380 e. The molecule has 1 saturated carbocycles. The van der Waals surface area contributed by atoms with Gasteiger partial charge in [-0.15, -0.1) is 11.3 Å². The van der Waals surface area contributed by atoms with E-state index in [4.69, 9.17) is 15.2 Å². The molecule has 6 heteroatoms. The predicted octanol–water partition coefficient (Wildman–Crippen LogP) is 5.06. The van der Waals surface area contributed by atoms with E-state index < -0.39 is 0 Å². The third kappa shape index (κ3) is 5.53. The lowest BCUT2D eigenvalue weighted by molar-refractivity contribution is -0.120. The smallest absolute Gasteiger partial charge is 0.230 e. The zero-order chi connectivity index (χ0) is 23.4. The largest absolute Gasteiger partial charge is 0.380 e. The molecule has 0 bridgehead atoms. The molecule has 5 nitrogen and oxygen atoms in total. The molecule has 2 N–H and O–H groups in total. The van der Waals surface area contributed by atoms with Crippen LogP contribution in [-0.4, -0.2) is 38.8 Å². The number of nitrogens with two attached hydrogens (primary N) is 1. The number of carbonyl (C=O) groups excluding carboxylic acids is 1. The molecule has 1 heterocycles. The van der Waals surface area contributed by atoms with Crippen LogP contribution in [0.25, 0.3) is 11.1 Å². The van der Waals surface area contributed by atoms with E-state index in [0.717, 1.165) is 28.8 Å². The fraction of sp³-hybridized carbons (Fsp3) is 0.370. The summed E-state index contributed by atoms with van der Waals surface area (Å²) in [5.41, 5.74) is 10.6. The van der Waals surface area contributed by atoms with Crippen molar-refractivity contribution in [2.45, 2.75) is 38.0 Å². The van der Waals surface area contributed by atoms with Gasteiger partial charge >= 0.3 is 0 Å². The number of hydrogen-bond acceptors (Lipinski definition) is 5. The van der Waals surface area contributed by atoms with Crippen LogP contribution >= 0.6 is 11.3 Å². The average Bonchev–Trinajstić information content (AvgIpc) is 3.46. The van der Waals surface area contributed by atoms with E-state index in [1.165, 1.54) is 4.88 Å². The summed E-state index contributed by atoms with van der Waals surface area (Å²) in [5.74, 6) is 0.478. The summed E-state index contributed by atoms with van der Waals surface area (Å²) in [6.07, 6.45) is 0.758. The van der Waals surface area contributed by atoms with Gasteiger partial charge < -0.3 is 20.1 Å². The van der Waals surface area contributed by atoms with Crippen molar-refractivity contribution in [2.24, 2.45) is 11.7 Å². The third-order valence-electron chi connectivity index (χ3n) is 6.43. The van der Waals surface area contributed by atoms with Crippen molar-refractivity contribution in [2.75, 3.05) is 25.7 Å². The fourth-order valence-corrected chi connectivity index (χ4v) is 5.04. The van der Waals surface area contributed by atoms with Crippen molar-refractivity contribution in [1.29, 1.82) is 0 Å². The maximum Gasteiger partial charge on any atom is 0.230 e. The summed E-state index contributed by atoms with van der Waals surface area (Å²) < 4.78 is 10.6. The number of nitrogens with zero attached hydrogens (tertiary/aromatic N) is 1. The molecule has 0 saturated heterocycles. The molecule has 1 aromatic heterocycles. The molecule has 1 amide bonds. The van der Waals surface area contributed by atoms with Gasteiger partial charge in [0, 0.05) is 49.2 Å². The van der Waals surface area contributed by atoms with E-state index in [1.54, 1.807) is 25.6 Å². The lowest BCUT2D eigenvalue weighted by Gasteiger charge is -2.29. The summed E-state index contributed by atoms with van der Waals surface area (Å²) in [7, 11) is 3.35. The van der Waals surface area contributed by atoms with E-state index >= 15 is 0 Å². The molecule has 4 atom stereocenters. The van der Waals surface area contributed by atoms with Crippen LogP contribution < -0.4 is 10.6 Å². The highest BCUT2D eigenvalue weighted by Crippen LogP contribution is 2.50. The topological polar surface area (TPSA) is 64.8 Å². The lowest BCUT2D eigenvalue weighted by atomic mass is 10.0. The van der Waals surface area contributed by atoms with Crippen molar-refractivity contribution in [1.82, 2.24) is 0 Å². The summed E-state index contributed by atoms with van der Waals surface area (Å²) >= 11 is 1.72. The number of ether oxygens (including phenoxy) is 2. The number of thiophene rings is 1. The Hall–Kier alpha value is -2.51. The van der Waals surface area contributed by atoms with E-state index in [9.17, 15) is 4.79 Å². The minimum absolute atomic E-state index is 0.0155. The molecule has 174 valence electrons. The Bertz CT molecular complexity index is 1030. The van der Waals surface area contributed by atoms with Crippen molar-refractivity contribution >= 4 is 22.9 Å². The molecule has 0 aliphatic heterocycles. The first-order valence-electron chi connectivity index (χ1n) is 11.3. The number of hydrogen-bond donors (Lipinski definition) is 1. The molecule has 1 aliphatic rings. The summed E-state index contributed by atoms with van der Waals surface area (Å²) in [6.45, 7) is 2.96. The molecule has 1 fully saturated rings. The Kier molecular flexibility index (Phi) is 7.60. The van der Waals surface area contributed by atoms with Gasteiger partial charge in [0.2, 0.25) is 5.91 Å². The second kappa shape index (κ2) is 10.6. The Labute approximate surface area is 200 Å². The zero-order valence-electron chi connectivity index (χ0n) is 19.4. The Morgan fingerprint density at radius 2 is 1.76 bits per heavy atom. The van der Waals surface area contributed by atoms with Crippen LogP contribution in [0.15, 0.2) is 66.0 Å². The van der Waals surface area contributed by atoms with Crippen LogP contribution in [-0.2, 0) is 20.9 Å². The SMILES string of the molecule is COCc1ccc(-c2ccc(N(C[C@@H](N)[C@@H](C)OC)C(=O)[C@@H]3C[C@H]3c3cccs3)cc2)cc1. The van der Waals surface area contributed by atoms with Crippen molar-refractivity contribution in [3.63, 3.8) is 0 Å². The quantitative estimate of drug-likeness (QED) is 0.455. The molecule has 4 rings (SSSR count). The molecular formula is C27H32N2O3S. The number of benzene rings is 2. The van der Waals surface area contributed by atoms with Gasteiger partial charge in [0.1, 0.15) is 0 Å². The van der Waals surface area contributed by atoms with Gasteiger partial charge in [-0.25, -0.2) is 0 Å². The first-order valence-corrected chi connectivity index (χ1v) is 12.2. The lowest BCUT2D eigenvalue weighted by Crippen LogP contribution is -2.47. The van der Waals surface area contributed by atoms with Gasteiger partial charge in [0.05, 0.1) is 12.7 Å². The highest BCUT2D eigenvalue weighted by Gasteiger charge is 2.46. The molecule has 0 unspecified atom stereocenters. The highest BCUT2D eigenvalue weighted by molar-refractivity contribution is 7.10. The van der Waals surface area contributed by atoms with Crippen LogP contribution in [0.4, 0.5) is 5.69 Å². The van der Waals surface area contributed by atoms with Crippen LogP contribution in [0.2, 0.25) is 0 Å². The van der Waals surface area contributed by atoms with Crippen molar-refractivity contribution in [3.05, 3.63) is 76.5 Å². The van der Waals surface area contributed by atoms with Gasteiger partial charge in [-0.3, -0.25) is 4.79 Å². The van der Waals surface area contributed by atoms with Crippen LogP contribution in [0.1, 0.15) is 29.7 Å². The van der Waals surface area contributed by atoms with Crippen LogP contribution in [0.5, 0.6) is 0 Å². The number of rotatable bonds is 10. The maximum absolute atomic E-state index is 13.5. The van der Waals surface area contributed by atoms with Crippen LogP contribution in [0, 0.1) is 5.92 Å². The minimum atomic E-state index is -0.272. The summed E-state index contributed by atoms with van der Waals surface area (Å²) in [4.78, 5) is 16.7. The number of anilines is 1. The normalized spacial score (nSPS) is 19.2. The monoisotopic (exact) mass is 464 g/mol. The molecule has 2 aromatic carbocycles. The zero-order valence-corrected chi connectivity index (χ0v) is 20.3. The van der Waals surface area contributed by atoms with Gasteiger partial charge in [-0.1, -0.05) is 42.5 Å². The second-order valence-corrected chi connectivity index (χ2v) is 9.67. The van der Waals surface area contributed by atoms with Crippen molar-refractivity contribution < 1.29 is 14.3 Å². The number of amides is 1. The van der Waals surface area contributed by atoms with Crippen molar-refractivity contribution in [3.8, 4) is 11.1 Å². The van der Waals surface area contributed by atoms with Crippen LogP contribution in [0.3, 0.4) is 0 Å². The average molecular weight is 465 g/mol. The van der Waals surface area contributed by atoms with Gasteiger partial charge in [0.25, 0.3) is 0 Å². The van der Waals surface area contributed by atoms with Gasteiger partial charge in [-0.2, -0.15) is 0 Å². The van der Waals surface area contributed by atoms with E-state index in [0.29, 0.717) is 19.1 Å². The first-order chi connectivity index (χ1) is 16.0. The van der Waals surface area contributed by atoms with Gasteiger partial charge in [-0.05, 0) is 53.6 Å². The second-order valence-electron chi connectivity index (χ2n) is 8.69. The molecule has 1 aliphatic carbocycles. The Morgan fingerprint density at radius 1 is 1.09 bits per heavy atom. The van der Waals surface area contributed by atoms with E-state index in [-0.39, 0.29) is 24.0 Å². The first kappa shape index (κ1) is 23.6. The maximum atomic E-state index is 13.5. The van der Waals surface area contributed by atoms with Gasteiger partial charge in [0.15, 0.2) is 0 Å².